The molecule has 2 N–H and O–H groups in total. The summed E-state index contributed by atoms with van der Waals surface area (Å²) in [5.41, 5.74) is 5.51. The van der Waals surface area contributed by atoms with Gasteiger partial charge in [-0.2, -0.15) is 0 Å². The number of hydrogen-bond acceptors (Lipinski definition) is 5. The minimum Gasteiger partial charge on any atom is -0.397 e. The Balaban J connectivity index is 2.93. The largest absolute Gasteiger partial charge is 0.397 e. The Morgan fingerprint density at radius 1 is 1.52 bits per heavy atom. The van der Waals surface area contributed by atoms with Gasteiger partial charge in [-0.3, -0.25) is 14.9 Å². The minimum atomic E-state index is -0.621. The van der Waals surface area contributed by atoms with E-state index in [-0.39, 0.29) is 28.1 Å². The summed E-state index contributed by atoms with van der Waals surface area (Å²) in [5.74, 6) is -0.439. The van der Waals surface area contributed by atoms with Crippen molar-refractivity contribution in [3.05, 3.63) is 32.8 Å². The molecule has 116 valence electrons. The zero-order chi connectivity index (χ0) is 16.2. The number of benzene rings is 1. The number of nitrogens with two attached hydrogens (primary N) is 1. The molecule has 1 aromatic rings. The Morgan fingerprint density at radius 2 is 2.14 bits per heavy atom. The van der Waals surface area contributed by atoms with E-state index >= 15 is 0 Å². The number of amides is 1. The Kier molecular flexibility index (Phi) is 5.92. The highest BCUT2D eigenvalue weighted by atomic mass is 35.5. The Bertz CT molecular complexity index is 548. The van der Waals surface area contributed by atoms with Gasteiger partial charge < -0.3 is 15.4 Å². The lowest BCUT2D eigenvalue weighted by atomic mass is 10.1. The first-order chi connectivity index (χ1) is 9.73. The number of carbonyl (C=O) groups excluding carboxylic acids is 1. The van der Waals surface area contributed by atoms with Gasteiger partial charge in [0, 0.05) is 25.7 Å². The number of carbonyl (C=O) groups is 1. The minimum absolute atomic E-state index is 0.0145. The molecule has 0 unspecified atom stereocenters. The monoisotopic (exact) mass is 315 g/mol. The number of hydrogen-bond donors (Lipinski definition) is 1. The lowest BCUT2D eigenvalue weighted by molar-refractivity contribution is -0.384. The van der Waals surface area contributed by atoms with Crippen molar-refractivity contribution in [2.24, 2.45) is 0 Å². The number of ether oxygens (including phenoxy) is 1. The van der Waals surface area contributed by atoms with Crippen LogP contribution in [0, 0.1) is 10.1 Å². The molecule has 1 rings (SSSR count). The van der Waals surface area contributed by atoms with Crippen LogP contribution in [0.25, 0.3) is 0 Å². The first-order valence-electron chi connectivity index (χ1n) is 6.34. The van der Waals surface area contributed by atoms with Gasteiger partial charge in [0.05, 0.1) is 33.9 Å². The molecule has 8 heteroatoms. The molecule has 0 bridgehead atoms. The molecule has 0 saturated carbocycles. The molecule has 0 aliphatic heterocycles. The van der Waals surface area contributed by atoms with Crippen LogP contribution in [0.4, 0.5) is 11.4 Å². The fourth-order valence-corrected chi connectivity index (χ4v) is 1.83. The van der Waals surface area contributed by atoms with Gasteiger partial charge in [-0.15, -0.1) is 0 Å². The number of nitro groups is 1. The van der Waals surface area contributed by atoms with E-state index in [1.54, 1.807) is 7.05 Å². The van der Waals surface area contributed by atoms with Crippen LogP contribution in [-0.4, -0.2) is 42.0 Å². The summed E-state index contributed by atoms with van der Waals surface area (Å²) in [6.45, 7) is 4.49. The van der Waals surface area contributed by atoms with E-state index in [1.807, 2.05) is 13.8 Å². The summed E-state index contributed by atoms with van der Waals surface area (Å²) in [6, 6.07) is 2.25. The average molecular weight is 316 g/mol. The van der Waals surface area contributed by atoms with Crippen molar-refractivity contribution in [1.82, 2.24) is 4.90 Å². The predicted molar refractivity (Wildman–Crippen MR) is 80.6 cm³/mol. The zero-order valence-corrected chi connectivity index (χ0v) is 12.9. The van der Waals surface area contributed by atoms with Crippen molar-refractivity contribution in [2.75, 3.05) is 25.9 Å². The van der Waals surface area contributed by atoms with Gasteiger partial charge in [0.2, 0.25) is 0 Å². The standard InChI is InChI=1S/C13H18ClN3O4/c1-8(2)21-5-4-16(3)13(18)10-6-9(17(19)20)7-11(14)12(10)15/h6-8H,4-5,15H2,1-3H3. The van der Waals surface area contributed by atoms with Crippen molar-refractivity contribution < 1.29 is 14.5 Å². The Hall–Kier alpha value is -1.86. The first-order valence-corrected chi connectivity index (χ1v) is 6.72. The highest BCUT2D eigenvalue weighted by molar-refractivity contribution is 6.34. The summed E-state index contributed by atoms with van der Waals surface area (Å²) in [4.78, 5) is 23.9. The summed E-state index contributed by atoms with van der Waals surface area (Å²) >= 11 is 5.83. The fraction of sp³-hybridized carbons (Fsp3) is 0.462. The van der Waals surface area contributed by atoms with E-state index in [1.165, 1.54) is 4.90 Å². The molecule has 0 atom stereocenters. The Labute approximate surface area is 127 Å². The Morgan fingerprint density at radius 3 is 2.67 bits per heavy atom. The SMILES string of the molecule is CC(C)OCCN(C)C(=O)c1cc([N+](=O)[O-])cc(Cl)c1N. The summed E-state index contributed by atoms with van der Waals surface area (Å²) < 4.78 is 5.36. The number of anilines is 1. The van der Waals surface area contributed by atoms with Crippen molar-refractivity contribution in [2.45, 2.75) is 20.0 Å². The molecule has 7 nitrogen and oxygen atoms in total. The quantitative estimate of drug-likeness (QED) is 0.493. The average Bonchev–Trinajstić information content (AvgIpc) is 2.40. The van der Waals surface area contributed by atoms with E-state index in [0.717, 1.165) is 12.1 Å². The second-order valence-electron chi connectivity index (χ2n) is 4.79. The van der Waals surface area contributed by atoms with Gasteiger partial charge >= 0.3 is 0 Å². The molecular formula is C13H18ClN3O4. The van der Waals surface area contributed by atoms with Crippen LogP contribution in [0.2, 0.25) is 5.02 Å². The third-order valence-corrected chi connectivity index (χ3v) is 3.09. The maximum Gasteiger partial charge on any atom is 0.271 e. The van der Waals surface area contributed by atoms with Crippen LogP contribution < -0.4 is 5.73 Å². The van der Waals surface area contributed by atoms with Crippen molar-refractivity contribution in [1.29, 1.82) is 0 Å². The van der Waals surface area contributed by atoms with Crippen LogP contribution in [-0.2, 0) is 4.74 Å². The molecule has 0 aliphatic rings. The lowest BCUT2D eigenvalue weighted by Crippen LogP contribution is -2.31. The van der Waals surface area contributed by atoms with E-state index in [2.05, 4.69) is 0 Å². The van der Waals surface area contributed by atoms with Gasteiger partial charge in [-0.05, 0) is 13.8 Å². The third kappa shape index (κ3) is 4.57. The third-order valence-electron chi connectivity index (χ3n) is 2.78. The molecule has 0 saturated heterocycles. The van der Waals surface area contributed by atoms with Crippen molar-refractivity contribution in [3.63, 3.8) is 0 Å². The highest BCUT2D eigenvalue weighted by Crippen LogP contribution is 2.29. The molecule has 0 spiro atoms. The van der Waals surface area contributed by atoms with Crippen molar-refractivity contribution in [3.8, 4) is 0 Å². The van der Waals surface area contributed by atoms with Crippen LogP contribution in [0.3, 0.4) is 0 Å². The molecule has 0 radical (unpaired) electrons. The summed E-state index contributed by atoms with van der Waals surface area (Å²) in [5, 5.41) is 10.8. The fourth-order valence-electron chi connectivity index (χ4n) is 1.62. The summed E-state index contributed by atoms with van der Waals surface area (Å²) in [6.07, 6.45) is 0.0610. The number of likely N-dealkylation sites (N-methyl/N-ethyl adjacent to an activating group) is 1. The second-order valence-corrected chi connectivity index (χ2v) is 5.20. The molecule has 1 aromatic carbocycles. The van der Waals surface area contributed by atoms with Gasteiger partial charge in [0.15, 0.2) is 0 Å². The number of rotatable bonds is 6. The number of nitrogen functional groups attached to an aromatic ring is 1. The molecular weight excluding hydrogens is 298 g/mol. The summed E-state index contributed by atoms with van der Waals surface area (Å²) in [7, 11) is 1.57. The van der Waals surface area contributed by atoms with Crippen LogP contribution in [0.1, 0.15) is 24.2 Å². The molecule has 0 aliphatic carbocycles. The zero-order valence-electron chi connectivity index (χ0n) is 12.1. The van der Waals surface area contributed by atoms with Gasteiger partial charge in [0.25, 0.3) is 11.6 Å². The maximum absolute atomic E-state index is 12.3. The van der Waals surface area contributed by atoms with E-state index in [0.29, 0.717) is 13.2 Å². The normalized spacial score (nSPS) is 10.7. The molecule has 0 aromatic heterocycles. The maximum atomic E-state index is 12.3. The number of halogens is 1. The van der Waals surface area contributed by atoms with E-state index in [4.69, 9.17) is 22.1 Å². The molecule has 0 fully saturated rings. The topological polar surface area (TPSA) is 98.7 Å². The van der Waals surface area contributed by atoms with Crippen LogP contribution >= 0.6 is 11.6 Å². The van der Waals surface area contributed by atoms with Gasteiger partial charge in [-0.1, -0.05) is 11.6 Å². The van der Waals surface area contributed by atoms with E-state index in [9.17, 15) is 14.9 Å². The second kappa shape index (κ2) is 7.24. The van der Waals surface area contributed by atoms with Crippen molar-refractivity contribution >= 4 is 28.9 Å². The molecule has 1 amide bonds. The predicted octanol–water partition coefficient (Wildman–Crippen LogP) is 2.33. The van der Waals surface area contributed by atoms with Gasteiger partial charge in [-0.25, -0.2) is 0 Å². The molecule has 21 heavy (non-hydrogen) atoms. The lowest BCUT2D eigenvalue weighted by Gasteiger charge is -2.19. The number of nitrogens with zero attached hydrogens (tertiary/aromatic N) is 2. The van der Waals surface area contributed by atoms with Crippen LogP contribution in [0.5, 0.6) is 0 Å². The van der Waals surface area contributed by atoms with Gasteiger partial charge in [0.1, 0.15) is 0 Å². The molecule has 0 heterocycles. The number of non-ortho nitro benzene ring substituents is 1. The number of nitro benzene ring substituents is 1. The smallest absolute Gasteiger partial charge is 0.271 e. The van der Waals surface area contributed by atoms with E-state index < -0.39 is 10.8 Å². The first kappa shape index (κ1) is 17.2. The highest BCUT2D eigenvalue weighted by Gasteiger charge is 2.21. The van der Waals surface area contributed by atoms with Crippen LogP contribution in [0.15, 0.2) is 12.1 Å².